The summed E-state index contributed by atoms with van der Waals surface area (Å²) in [6.45, 7) is 0. The highest BCUT2D eigenvalue weighted by Crippen LogP contribution is 2.29. The Bertz CT molecular complexity index is 430. The van der Waals surface area contributed by atoms with Crippen LogP contribution in [0.3, 0.4) is 0 Å². The van der Waals surface area contributed by atoms with E-state index in [-0.39, 0.29) is 18.2 Å². The van der Waals surface area contributed by atoms with Crippen LogP contribution in [0.1, 0.15) is 17.9 Å². The van der Waals surface area contributed by atoms with E-state index in [1.54, 1.807) is 18.2 Å². The number of carbonyl (C=O) groups excluding carboxylic acids is 2. The van der Waals surface area contributed by atoms with Crippen LogP contribution < -0.4 is 0 Å². The summed E-state index contributed by atoms with van der Waals surface area (Å²) < 4.78 is 13.4. The van der Waals surface area contributed by atoms with Crippen LogP contribution in [-0.2, 0) is 9.59 Å². The maximum Gasteiger partial charge on any atom is 0.237 e. The van der Waals surface area contributed by atoms with Gasteiger partial charge in [0.25, 0.3) is 0 Å². The van der Waals surface area contributed by atoms with Gasteiger partial charge in [-0.1, -0.05) is 18.2 Å². The van der Waals surface area contributed by atoms with E-state index in [1.807, 2.05) is 0 Å². The van der Waals surface area contributed by atoms with Gasteiger partial charge in [0.1, 0.15) is 5.82 Å². The summed E-state index contributed by atoms with van der Waals surface area (Å²) in [6.07, 6.45) is 0.0657. The molecule has 0 spiro atoms. The van der Waals surface area contributed by atoms with Gasteiger partial charge in [-0.25, -0.2) is 4.39 Å². The topological polar surface area (TPSA) is 37.4 Å². The molecule has 0 aliphatic carbocycles. The highest BCUT2D eigenvalue weighted by Gasteiger charge is 2.38. The first-order chi connectivity index (χ1) is 7.11. The summed E-state index contributed by atoms with van der Waals surface area (Å²) in [4.78, 5) is 23.9. The van der Waals surface area contributed by atoms with E-state index in [2.05, 4.69) is 0 Å². The van der Waals surface area contributed by atoms with Gasteiger partial charge in [0.15, 0.2) is 0 Å². The summed E-state index contributed by atoms with van der Waals surface area (Å²) in [6, 6.07) is 6.06. The first-order valence-corrected chi connectivity index (χ1v) is 4.66. The Morgan fingerprint density at radius 3 is 2.53 bits per heavy atom. The van der Waals surface area contributed by atoms with Crippen molar-refractivity contribution in [3.05, 3.63) is 35.6 Å². The summed E-state index contributed by atoms with van der Waals surface area (Å²) in [5, 5.41) is 0. The van der Waals surface area contributed by atoms with Gasteiger partial charge < -0.3 is 0 Å². The molecule has 0 aromatic heterocycles. The molecule has 1 fully saturated rings. The zero-order valence-electron chi connectivity index (χ0n) is 8.24. The SMILES string of the molecule is CN1C(=O)CC(c2ccccc2F)C1=O. The molecular formula is C11H10FNO2. The van der Waals surface area contributed by atoms with Crippen molar-refractivity contribution in [1.29, 1.82) is 0 Å². The largest absolute Gasteiger partial charge is 0.285 e. The maximum absolute atomic E-state index is 13.4. The molecule has 78 valence electrons. The number of likely N-dealkylation sites (N-methyl/N-ethyl adjacent to an activating group) is 1. The molecule has 1 aromatic carbocycles. The van der Waals surface area contributed by atoms with Gasteiger partial charge in [-0.15, -0.1) is 0 Å². The Balaban J connectivity index is 2.38. The molecule has 0 radical (unpaired) electrons. The van der Waals surface area contributed by atoms with Gasteiger partial charge in [-0.3, -0.25) is 14.5 Å². The predicted octanol–water partition coefficient (Wildman–Crippen LogP) is 1.30. The predicted molar refractivity (Wildman–Crippen MR) is 51.5 cm³/mol. The van der Waals surface area contributed by atoms with Gasteiger partial charge >= 0.3 is 0 Å². The van der Waals surface area contributed by atoms with E-state index >= 15 is 0 Å². The molecule has 0 N–H and O–H groups in total. The first-order valence-electron chi connectivity index (χ1n) is 4.66. The minimum atomic E-state index is -0.649. The monoisotopic (exact) mass is 207 g/mol. The second-order valence-electron chi connectivity index (χ2n) is 3.57. The van der Waals surface area contributed by atoms with Crippen molar-refractivity contribution in [2.24, 2.45) is 0 Å². The van der Waals surface area contributed by atoms with Gasteiger partial charge in [0.05, 0.1) is 5.92 Å². The van der Waals surface area contributed by atoms with Crippen LogP contribution in [0.25, 0.3) is 0 Å². The zero-order chi connectivity index (χ0) is 11.0. The van der Waals surface area contributed by atoms with Crippen LogP contribution in [-0.4, -0.2) is 23.8 Å². The number of amides is 2. The zero-order valence-corrected chi connectivity index (χ0v) is 8.24. The van der Waals surface area contributed by atoms with Gasteiger partial charge in [0.2, 0.25) is 11.8 Å². The first kappa shape index (κ1) is 9.83. The third-order valence-electron chi connectivity index (χ3n) is 2.66. The number of nitrogens with zero attached hydrogens (tertiary/aromatic N) is 1. The smallest absolute Gasteiger partial charge is 0.237 e. The van der Waals surface area contributed by atoms with E-state index in [1.165, 1.54) is 13.1 Å². The Kier molecular flexibility index (Phi) is 2.26. The molecule has 1 aromatic rings. The van der Waals surface area contributed by atoms with E-state index in [9.17, 15) is 14.0 Å². The lowest BCUT2D eigenvalue weighted by Gasteiger charge is -2.09. The number of carbonyl (C=O) groups is 2. The number of rotatable bonds is 1. The van der Waals surface area contributed by atoms with Gasteiger partial charge in [-0.05, 0) is 6.07 Å². The summed E-state index contributed by atoms with van der Waals surface area (Å²) in [5.74, 6) is -1.67. The summed E-state index contributed by atoms with van der Waals surface area (Å²) >= 11 is 0. The van der Waals surface area contributed by atoms with Crippen molar-refractivity contribution >= 4 is 11.8 Å². The van der Waals surface area contributed by atoms with Crippen LogP contribution in [0.2, 0.25) is 0 Å². The maximum atomic E-state index is 13.4. The average molecular weight is 207 g/mol. The van der Waals surface area contributed by atoms with Crippen LogP contribution in [0.4, 0.5) is 4.39 Å². The Hall–Kier alpha value is -1.71. The van der Waals surface area contributed by atoms with Crippen LogP contribution >= 0.6 is 0 Å². The Morgan fingerprint density at radius 2 is 2.00 bits per heavy atom. The fourth-order valence-electron chi connectivity index (χ4n) is 1.76. The molecule has 0 bridgehead atoms. The second kappa shape index (κ2) is 3.46. The molecule has 1 heterocycles. The number of halogens is 1. The van der Waals surface area contributed by atoms with E-state index < -0.39 is 11.7 Å². The van der Waals surface area contributed by atoms with Gasteiger partial charge in [0, 0.05) is 19.0 Å². The minimum Gasteiger partial charge on any atom is -0.285 e. The van der Waals surface area contributed by atoms with Crippen molar-refractivity contribution in [2.45, 2.75) is 12.3 Å². The number of hydrogen-bond acceptors (Lipinski definition) is 2. The summed E-state index contributed by atoms with van der Waals surface area (Å²) in [5.41, 5.74) is 0.306. The van der Waals surface area contributed by atoms with Crippen LogP contribution in [0.15, 0.2) is 24.3 Å². The normalized spacial score (nSPS) is 21.2. The number of likely N-dealkylation sites (tertiary alicyclic amines) is 1. The fraction of sp³-hybridized carbons (Fsp3) is 0.273. The van der Waals surface area contributed by atoms with Crippen molar-refractivity contribution in [3.8, 4) is 0 Å². The second-order valence-corrected chi connectivity index (χ2v) is 3.57. The lowest BCUT2D eigenvalue weighted by molar-refractivity contribution is -0.137. The third-order valence-corrected chi connectivity index (χ3v) is 2.66. The van der Waals surface area contributed by atoms with Crippen molar-refractivity contribution < 1.29 is 14.0 Å². The Morgan fingerprint density at radius 1 is 1.33 bits per heavy atom. The highest BCUT2D eigenvalue weighted by molar-refractivity contribution is 6.05. The summed E-state index contributed by atoms with van der Waals surface area (Å²) in [7, 11) is 1.42. The molecule has 1 aliphatic rings. The molecule has 1 aliphatic heterocycles. The van der Waals surface area contributed by atoms with E-state index in [0.717, 1.165) is 4.90 Å². The quantitative estimate of drug-likeness (QED) is 0.651. The average Bonchev–Trinajstić information content (AvgIpc) is 2.47. The van der Waals surface area contributed by atoms with Crippen LogP contribution in [0, 0.1) is 5.82 Å². The minimum absolute atomic E-state index is 0.0657. The van der Waals surface area contributed by atoms with Gasteiger partial charge in [-0.2, -0.15) is 0 Å². The van der Waals surface area contributed by atoms with Crippen molar-refractivity contribution in [2.75, 3.05) is 7.05 Å². The molecule has 15 heavy (non-hydrogen) atoms. The highest BCUT2D eigenvalue weighted by atomic mass is 19.1. The molecule has 3 nitrogen and oxygen atoms in total. The lowest BCUT2D eigenvalue weighted by Crippen LogP contribution is -2.25. The van der Waals surface area contributed by atoms with E-state index in [0.29, 0.717) is 5.56 Å². The van der Waals surface area contributed by atoms with E-state index in [4.69, 9.17) is 0 Å². The number of hydrogen-bond donors (Lipinski definition) is 0. The fourth-order valence-corrected chi connectivity index (χ4v) is 1.76. The molecule has 0 saturated carbocycles. The number of imide groups is 1. The van der Waals surface area contributed by atoms with Crippen molar-refractivity contribution in [1.82, 2.24) is 4.90 Å². The standard InChI is InChI=1S/C11H10FNO2/c1-13-10(14)6-8(11(13)15)7-4-2-3-5-9(7)12/h2-5,8H,6H2,1H3. The Labute approximate surface area is 86.5 Å². The molecule has 2 amide bonds. The lowest BCUT2D eigenvalue weighted by atomic mass is 9.97. The molecule has 1 saturated heterocycles. The van der Waals surface area contributed by atoms with Crippen molar-refractivity contribution in [3.63, 3.8) is 0 Å². The molecule has 1 atom stereocenters. The molecule has 4 heteroatoms. The third kappa shape index (κ3) is 1.52. The molecular weight excluding hydrogens is 197 g/mol. The van der Waals surface area contributed by atoms with Crippen LogP contribution in [0.5, 0.6) is 0 Å². The molecule has 2 rings (SSSR count). The number of benzene rings is 1. The molecule has 1 unspecified atom stereocenters.